The fourth-order valence-corrected chi connectivity index (χ4v) is 2.93. The summed E-state index contributed by atoms with van der Waals surface area (Å²) in [6.45, 7) is 2.66. The summed E-state index contributed by atoms with van der Waals surface area (Å²) in [6, 6.07) is 3.88. The molecule has 5 nitrogen and oxygen atoms in total. The number of nitrogens with two attached hydrogens (primary N) is 1. The van der Waals surface area contributed by atoms with Gasteiger partial charge in [-0.2, -0.15) is 0 Å². The molecule has 1 aromatic carbocycles. The molecule has 1 aliphatic rings. The number of carbonyl (C=O) groups excluding carboxylic acids is 1. The van der Waals surface area contributed by atoms with Crippen LogP contribution in [0.25, 0.3) is 0 Å². The third kappa shape index (κ3) is 3.94. The van der Waals surface area contributed by atoms with Crippen molar-refractivity contribution in [3.8, 4) is 0 Å². The summed E-state index contributed by atoms with van der Waals surface area (Å²) in [4.78, 5) is 11.9. The largest absolute Gasteiger partial charge is 0.352 e. The molecule has 1 amide bonds. The average molecular weight is 317 g/mol. The van der Waals surface area contributed by atoms with Gasteiger partial charge in [-0.25, -0.2) is 13.6 Å². The Morgan fingerprint density at radius 1 is 1.45 bits per heavy atom. The van der Waals surface area contributed by atoms with Crippen molar-refractivity contribution in [2.24, 2.45) is 17.0 Å². The summed E-state index contributed by atoms with van der Waals surface area (Å²) >= 11 is 5.82. The number of rotatable bonds is 5. The molecule has 0 bridgehead atoms. The van der Waals surface area contributed by atoms with Crippen molar-refractivity contribution >= 4 is 27.5 Å². The van der Waals surface area contributed by atoms with Gasteiger partial charge in [0.05, 0.1) is 4.90 Å². The summed E-state index contributed by atoms with van der Waals surface area (Å²) in [6.07, 6.45) is 2.42. The molecule has 1 aliphatic carbocycles. The maximum absolute atomic E-state index is 12.0. The molecule has 1 atom stereocenters. The van der Waals surface area contributed by atoms with Crippen molar-refractivity contribution in [2.45, 2.75) is 24.7 Å². The fraction of sp³-hybridized carbons (Fsp3) is 0.462. The summed E-state index contributed by atoms with van der Waals surface area (Å²) in [7, 11) is -3.88. The van der Waals surface area contributed by atoms with Gasteiger partial charge in [0.15, 0.2) is 0 Å². The molecule has 2 rings (SSSR count). The van der Waals surface area contributed by atoms with E-state index in [1.165, 1.54) is 31.0 Å². The van der Waals surface area contributed by atoms with Gasteiger partial charge < -0.3 is 5.32 Å². The van der Waals surface area contributed by atoms with Gasteiger partial charge in [-0.1, -0.05) is 18.5 Å². The molecule has 0 aliphatic heterocycles. The minimum Gasteiger partial charge on any atom is -0.352 e. The lowest BCUT2D eigenvalue weighted by molar-refractivity contribution is 0.0946. The van der Waals surface area contributed by atoms with Crippen molar-refractivity contribution in [3.05, 3.63) is 28.8 Å². The molecule has 110 valence electrons. The predicted octanol–water partition coefficient (Wildman–Crippen LogP) is 1.76. The first kappa shape index (κ1) is 15.3. The highest BCUT2D eigenvalue weighted by molar-refractivity contribution is 7.89. The molecule has 20 heavy (non-hydrogen) atoms. The van der Waals surface area contributed by atoms with E-state index in [9.17, 15) is 13.2 Å². The van der Waals surface area contributed by atoms with Crippen LogP contribution < -0.4 is 10.5 Å². The molecule has 1 aromatic rings. The van der Waals surface area contributed by atoms with E-state index in [0.29, 0.717) is 18.4 Å². The van der Waals surface area contributed by atoms with E-state index in [1.807, 2.05) is 0 Å². The second-order valence-electron chi connectivity index (χ2n) is 5.25. The highest BCUT2D eigenvalue weighted by Gasteiger charge is 2.28. The summed E-state index contributed by atoms with van der Waals surface area (Å²) in [5.41, 5.74) is 0.199. The quantitative estimate of drug-likeness (QED) is 0.867. The van der Waals surface area contributed by atoms with Gasteiger partial charge in [0.25, 0.3) is 5.91 Å². The van der Waals surface area contributed by atoms with Crippen molar-refractivity contribution < 1.29 is 13.2 Å². The molecular formula is C13H17ClN2O3S. The SMILES string of the molecule is CC(CNC(=O)c1cc(Cl)cc(S(N)(=O)=O)c1)C1CC1. The van der Waals surface area contributed by atoms with E-state index in [4.69, 9.17) is 16.7 Å². The van der Waals surface area contributed by atoms with Crippen molar-refractivity contribution in [2.75, 3.05) is 6.54 Å². The Hall–Kier alpha value is -1.11. The molecule has 3 N–H and O–H groups in total. The smallest absolute Gasteiger partial charge is 0.251 e. The van der Waals surface area contributed by atoms with Crippen molar-refractivity contribution in [1.29, 1.82) is 0 Å². The van der Waals surface area contributed by atoms with Gasteiger partial charge in [-0.3, -0.25) is 4.79 Å². The second-order valence-corrected chi connectivity index (χ2v) is 7.24. The number of hydrogen-bond acceptors (Lipinski definition) is 3. The van der Waals surface area contributed by atoms with E-state index in [2.05, 4.69) is 12.2 Å². The number of carbonyl (C=O) groups is 1. The van der Waals surface area contributed by atoms with Gasteiger partial charge in [0.2, 0.25) is 10.0 Å². The molecule has 0 aromatic heterocycles. The molecule has 1 unspecified atom stereocenters. The number of sulfonamides is 1. The Morgan fingerprint density at radius 3 is 2.65 bits per heavy atom. The molecular weight excluding hydrogens is 300 g/mol. The van der Waals surface area contributed by atoms with E-state index in [0.717, 1.165) is 0 Å². The topological polar surface area (TPSA) is 89.3 Å². The van der Waals surface area contributed by atoms with Crippen LogP contribution >= 0.6 is 11.6 Å². The molecule has 0 spiro atoms. The standard InChI is InChI=1S/C13H17ClN2O3S/c1-8(9-2-3-9)7-16-13(17)10-4-11(14)6-12(5-10)20(15,18)19/h4-6,8-9H,2-3,7H2,1H3,(H,16,17)(H2,15,18,19). The first-order valence-corrected chi connectivity index (χ1v) is 8.31. The fourth-order valence-electron chi connectivity index (χ4n) is 2.05. The van der Waals surface area contributed by atoms with Crippen molar-refractivity contribution in [3.63, 3.8) is 0 Å². The Kier molecular flexibility index (Phi) is 4.36. The average Bonchev–Trinajstić information content (AvgIpc) is 3.17. The van der Waals surface area contributed by atoms with Gasteiger partial charge in [0.1, 0.15) is 0 Å². The van der Waals surface area contributed by atoms with Gasteiger partial charge in [-0.05, 0) is 42.9 Å². The Balaban J connectivity index is 2.10. The Bertz CT molecular complexity index is 627. The predicted molar refractivity (Wildman–Crippen MR) is 77.0 cm³/mol. The number of primary sulfonamides is 1. The Morgan fingerprint density at radius 2 is 2.10 bits per heavy atom. The lowest BCUT2D eigenvalue weighted by Gasteiger charge is -2.12. The minimum absolute atomic E-state index is 0.162. The van der Waals surface area contributed by atoms with Crippen LogP contribution in [-0.4, -0.2) is 20.9 Å². The van der Waals surface area contributed by atoms with Gasteiger partial charge in [-0.15, -0.1) is 0 Å². The molecule has 0 heterocycles. The summed E-state index contributed by atoms with van der Waals surface area (Å²) in [5, 5.41) is 8.00. The third-order valence-electron chi connectivity index (χ3n) is 3.47. The van der Waals surface area contributed by atoms with E-state index >= 15 is 0 Å². The molecule has 7 heteroatoms. The van der Waals surface area contributed by atoms with Crippen LogP contribution in [0, 0.1) is 11.8 Å². The first-order valence-electron chi connectivity index (χ1n) is 6.39. The number of hydrogen-bond donors (Lipinski definition) is 2. The van der Waals surface area contributed by atoms with E-state index < -0.39 is 10.0 Å². The zero-order chi connectivity index (χ0) is 14.9. The normalized spacial score (nSPS) is 16.8. The number of benzene rings is 1. The number of amides is 1. The van der Waals surface area contributed by atoms with Gasteiger partial charge in [0, 0.05) is 17.1 Å². The first-order chi connectivity index (χ1) is 9.27. The van der Waals surface area contributed by atoms with Gasteiger partial charge >= 0.3 is 0 Å². The van der Waals surface area contributed by atoms with Crippen LogP contribution in [0.3, 0.4) is 0 Å². The lowest BCUT2D eigenvalue weighted by atomic mass is 10.1. The molecule has 0 saturated heterocycles. The third-order valence-corrected chi connectivity index (χ3v) is 4.58. The zero-order valence-electron chi connectivity index (χ0n) is 11.1. The highest BCUT2D eigenvalue weighted by Crippen LogP contribution is 2.36. The van der Waals surface area contributed by atoms with Crippen LogP contribution in [0.5, 0.6) is 0 Å². The number of nitrogens with one attached hydrogen (secondary N) is 1. The molecule has 1 fully saturated rings. The monoisotopic (exact) mass is 316 g/mol. The van der Waals surface area contributed by atoms with Crippen LogP contribution in [0.1, 0.15) is 30.1 Å². The summed E-state index contributed by atoms with van der Waals surface area (Å²) in [5.74, 6) is 0.774. The maximum atomic E-state index is 12.0. The second kappa shape index (κ2) is 5.71. The van der Waals surface area contributed by atoms with Crippen LogP contribution in [0.4, 0.5) is 0 Å². The summed E-state index contributed by atoms with van der Waals surface area (Å²) < 4.78 is 22.6. The highest BCUT2D eigenvalue weighted by atomic mass is 35.5. The van der Waals surface area contributed by atoms with E-state index in [1.54, 1.807) is 0 Å². The van der Waals surface area contributed by atoms with Crippen LogP contribution in [-0.2, 0) is 10.0 Å². The Labute approximate surface area is 123 Å². The van der Waals surface area contributed by atoms with Crippen LogP contribution in [0.15, 0.2) is 23.1 Å². The lowest BCUT2D eigenvalue weighted by Crippen LogP contribution is -2.29. The molecule has 1 saturated carbocycles. The van der Waals surface area contributed by atoms with E-state index in [-0.39, 0.29) is 21.4 Å². The minimum atomic E-state index is -3.88. The maximum Gasteiger partial charge on any atom is 0.251 e. The van der Waals surface area contributed by atoms with Crippen molar-refractivity contribution in [1.82, 2.24) is 5.32 Å². The zero-order valence-corrected chi connectivity index (χ0v) is 12.7. The number of halogens is 1. The molecule has 0 radical (unpaired) electrons. The van der Waals surface area contributed by atoms with Crippen LogP contribution in [0.2, 0.25) is 5.02 Å².